The maximum absolute atomic E-state index is 12.3. The van der Waals surface area contributed by atoms with Crippen LogP contribution in [0.2, 0.25) is 0 Å². The Hall–Kier alpha value is -1.90. The summed E-state index contributed by atoms with van der Waals surface area (Å²) < 4.78 is 4.02. The molecule has 0 unspecified atom stereocenters. The summed E-state index contributed by atoms with van der Waals surface area (Å²) in [6.07, 6.45) is 3.45. The second-order valence-electron chi connectivity index (χ2n) is 5.26. The normalized spacial score (nSPS) is 11.0. The highest BCUT2D eigenvalue weighted by molar-refractivity contribution is 9.11. The Kier molecular flexibility index (Phi) is 5.95. The van der Waals surface area contributed by atoms with Gasteiger partial charge in [0.2, 0.25) is 0 Å². The highest BCUT2D eigenvalue weighted by atomic mass is 79.9. The molecule has 0 spiro atoms. The van der Waals surface area contributed by atoms with Gasteiger partial charge in [-0.25, -0.2) is 5.43 Å². The third-order valence-corrected chi connectivity index (χ3v) is 5.11. The van der Waals surface area contributed by atoms with Crippen molar-refractivity contribution in [1.29, 1.82) is 0 Å². The molecule has 2 aromatic carbocycles. The van der Waals surface area contributed by atoms with Crippen LogP contribution in [0.4, 0.5) is 0 Å². The number of hydrazone groups is 1. The second-order valence-corrected chi connectivity index (χ2v) is 7.95. The monoisotopic (exact) mass is 539 g/mol. The van der Waals surface area contributed by atoms with Crippen LogP contribution in [0.1, 0.15) is 16.1 Å². The van der Waals surface area contributed by atoms with E-state index in [0.717, 1.165) is 15.9 Å². The molecule has 132 valence electrons. The zero-order valence-corrected chi connectivity index (χ0v) is 17.9. The zero-order chi connectivity index (χ0) is 18.7. The predicted octanol–water partition coefficient (Wildman–Crippen LogP) is 5.23. The minimum absolute atomic E-state index is 0.117. The maximum atomic E-state index is 12.3. The molecule has 0 aliphatic rings. The Bertz CT molecular complexity index is 982. The van der Waals surface area contributed by atoms with Gasteiger partial charge < -0.3 is 9.67 Å². The molecular weight excluding hydrogens is 530 g/mol. The predicted molar refractivity (Wildman–Crippen MR) is 112 cm³/mol. The first kappa shape index (κ1) is 18.9. The molecule has 26 heavy (non-hydrogen) atoms. The second kappa shape index (κ2) is 8.20. The third kappa shape index (κ3) is 4.25. The number of halogens is 3. The average Bonchev–Trinajstić information content (AvgIpc) is 3.07. The number of carbonyl (C=O) groups is 1. The van der Waals surface area contributed by atoms with Crippen molar-refractivity contribution in [3.8, 4) is 11.4 Å². The summed E-state index contributed by atoms with van der Waals surface area (Å²) in [4.78, 5) is 12.3. The Morgan fingerprint density at radius 3 is 2.54 bits per heavy atom. The van der Waals surface area contributed by atoms with Crippen molar-refractivity contribution >= 4 is 59.9 Å². The standard InChI is InChI=1S/C18H12Br3N3O2/c19-11-3-5-13(6-4-11)24-7-1-2-14(24)10-22-23-18(26)15-8-12(20)9-16(21)17(15)25/h1-10,25H,(H,23,26)/b22-10-. The molecule has 8 heteroatoms. The number of phenolic OH excluding ortho intramolecular Hbond substituents is 1. The minimum atomic E-state index is -0.512. The molecule has 0 saturated carbocycles. The van der Waals surface area contributed by atoms with Crippen LogP contribution in [0.5, 0.6) is 5.75 Å². The van der Waals surface area contributed by atoms with E-state index in [1.807, 2.05) is 47.2 Å². The van der Waals surface area contributed by atoms with Gasteiger partial charge in [0, 0.05) is 20.8 Å². The molecule has 0 atom stereocenters. The molecule has 5 nitrogen and oxygen atoms in total. The number of hydrogen-bond donors (Lipinski definition) is 2. The van der Waals surface area contributed by atoms with E-state index in [9.17, 15) is 9.90 Å². The van der Waals surface area contributed by atoms with E-state index in [1.54, 1.807) is 12.3 Å². The summed E-state index contributed by atoms with van der Waals surface area (Å²) in [5.74, 6) is -0.651. The fourth-order valence-electron chi connectivity index (χ4n) is 2.29. The van der Waals surface area contributed by atoms with E-state index in [0.29, 0.717) is 8.95 Å². The van der Waals surface area contributed by atoms with Gasteiger partial charge in [0.25, 0.3) is 5.91 Å². The van der Waals surface area contributed by atoms with Gasteiger partial charge in [-0.3, -0.25) is 4.79 Å². The first-order valence-electron chi connectivity index (χ1n) is 7.40. The maximum Gasteiger partial charge on any atom is 0.275 e. The molecule has 1 amide bonds. The Morgan fingerprint density at radius 1 is 1.08 bits per heavy atom. The van der Waals surface area contributed by atoms with Crippen molar-refractivity contribution in [1.82, 2.24) is 9.99 Å². The summed E-state index contributed by atoms with van der Waals surface area (Å²) in [5, 5.41) is 14.0. The first-order chi connectivity index (χ1) is 12.5. The molecule has 3 aromatic rings. The highest BCUT2D eigenvalue weighted by Gasteiger charge is 2.14. The van der Waals surface area contributed by atoms with E-state index in [1.165, 1.54) is 6.07 Å². The van der Waals surface area contributed by atoms with E-state index in [-0.39, 0.29) is 11.3 Å². The van der Waals surface area contributed by atoms with Crippen molar-refractivity contribution in [3.05, 3.63) is 79.4 Å². The van der Waals surface area contributed by atoms with Crippen LogP contribution >= 0.6 is 47.8 Å². The Morgan fingerprint density at radius 2 is 1.81 bits per heavy atom. The lowest BCUT2D eigenvalue weighted by atomic mass is 10.2. The van der Waals surface area contributed by atoms with Gasteiger partial charge in [0.1, 0.15) is 5.75 Å². The van der Waals surface area contributed by atoms with E-state index >= 15 is 0 Å². The topological polar surface area (TPSA) is 66.6 Å². The Labute approximate surface area is 175 Å². The molecule has 3 rings (SSSR count). The lowest BCUT2D eigenvalue weighted by Crippen LogP contribution is -2.18. The van der Waals surface area contributed by atoms with Crippen molar-refractivity contribution in [2.45, 2.75) is 0 Å². The van der Waals surface area contributed by atoms with Gasteiger partial charge in [0.15, 0.2) is 0 Å². The summed E-state index contributed by atoms with van der Waals surface area (Å²) in [6, 6.07) is 14.8. The summed E-state index contributed by atoms with van der Waals surface area (Å²) >= 11 is 9.90. The van der Waals surface area contributed by atoms with Gasteiger partial charge in [-0.05, 0) is 64.5 Å². The lowest BCUT2D eigenvalue weighted by Gasteiger charge is -2.07. The number of benzene rings is 2. The van der Waals surface area contributed by atoms with Crippen molar-refractivity contribution in [2.75, 3.05) is 0 Å². The SMILES string of the molecule is O=C(N/N=C\c1cccn1-c1ccc(Br)cc1)c1cc(Br)cc(Br)c1O. The molecule has 0 aliphatic heterocycles. The average molecular weight is 542 g/mol. The van der Waals surface area contributed by atoms with Crippen molar-refractivity contribution in [2.24, 2.45) is 5.10 Å². The molecule has 1 heterocycles. The smallest absolute Gasteiger partial charge is 0.275 e. The van der Waals surface area contributed by atoms with E-state index < -0.39 is 5.91 Å². The Balaban J connectivity index is 1.77. The number of carbonyl (C=O) groups excluding carboxylic acids is 1. The zero-order valence-electron chi connectivity index (χ0n) is 13.2. The van der Waals surface area contributed by atoms with Crippen LogP contribution in [-0.2, 0) is 0 Å². The van der Waals surface area contributed by atoms with Crippen LogP contribution in [0, 0.1) is 0 Å². The van der Waals surface area contributed by atoms with Gasteiger partial charge in [0.05, 0.1) is 21.9 Å². The number of hydrogen-bond acceptors (Lipinski definition) is 3. The third-order valence-electron chi connectivity index (χ3n) is 3.52. The fraction of sp³-hybridized carbons (Fsp3) is 0. The van der Waals surface area contributed by atoms with Crippen molar-refractivity contribution in [3.63, 3.8) is 0 Å². The van der Waals surface area contributed by atoms with Crippen LogP contribution in [0.25, 0.3) is 5.69 Å². The molecule has 0 radical (unpaired) electrons. The number of aromatic nitrogens is 1. The number of rotatable bonds is 4. The van der Waals surface area contributed by atoms with Crippen LogP contribution in [-0.4, -0.2) is 21.8 Å². The van der Waals surface area contributed by atoms with Gasteiger partial charge in [-0.1, -0.05) is 31.9 Å². The van der Waals surface area contributed by atoms with Gasteiger partial charge >= 0.3 is 0 Å². The number of nitrogens with one attached hydrogen (secondary N) is 1. The number of amides is 1. The van der Waals surface area contributed by atoms with Gasteiger partial charge in [-0.2, -0.15) is 5.10 Å². The van der Waals surface area contributed by atoms with E-state index in [2.05, 4.69) is 58.3 Å². The quantitative estimate of drug-likeness (QED) is 0.351. The summed E-state index contributed by atoms with van der Waals surface area (Å²) in [6.45, 7) is 0. The molecule has 0 bridgehead atoms. The first-order valence-corrected chi connectivity index (χ1v) is 9.78. The molecular formula is C18H12Br3N3O2. The largest absolute Gasteiger partial charge is 0.506 e. The number of phenols is 1. The molecule has 0 fully saturated rings. The minimum Gasteiger partial charge on any atom is -0.506 e. The van der Waals surface area contributed by atoms with E-state index in [4.69, 9.17) is 0 Å². The van der Waals surface area contributed by atoms with Crippen molar-refractivity contribution < 1.29 is 9.90 Å². The highest BCUT2D eigenvalue weighted by Crippen LogP contribution is 2.31. The summed E-state index contributed by atoms with van der Waals surface area (Å²) in [7, 11) is 0. The van der Waals surface area contributed by atoms with Crippen LogP contribution < -0.4 is 5.43 Å². The van der Waals surface area contributed by atoms with Crippen LogP contribution in [0.15, 0.2) is 73.2 Å². The van der Waals surface area contributed by atoms with Crippen LogP contribution in [0.3, 0.4) is 0 Å². The summed E-state index contributed by atoms with van der Waals surface area (Å²) in [5.41, 5.74) is 4.32. The lowest BCUT2D eigenvalue weighted by molar-refractivity contribution is 0.0952. The van der Waals surface area contributed by atoms with Gasteiger partial charge in [-0.15, -0.1) is 0 Å². The number of aromatic hydroxyl groups is 1. The fourth-order valence-corrected chi connectivity index (χ4v) is 3.78. The molecule has 0 aliphatic carbocycles. The molecule has 0 saturated heterocycles. The number of nitrogens with zero attached hydrogens (tertiary/aromatic N) is 2. The molecule has 2 N–H and O–H groups in total. The molecule has 1 aromatic heterocycles.